The van der Waals surface area contributed by atoms with Gasteiger partial charge in [0, 0.05) is 21.5 Å². The van der Waals surface area contributed by atoms with E-state index in [9.17, 15) is 0 Å². The summed E-state index contributed by atoms with van der Waals surface area (Å²) >= 11 is 3.12. The summed E-state index contributed by atoms with van der Waals surface area (Å²) in [6.45, 7) is 5.01. The minimum atomic E-state index is 0.351. The molecule has 0 bridgehead atoms. The highest BCUT2D eigenvalue weighted by Gasteiger charge is 2.11. The van der Waals surface area contributed by atoms with E-state index < -0.39 is 0 Å². The van der Waals surface area contributed by atoms with E-state index in [2.05, 4.69) is 26.1 Å². The summed E-state index contributed by atoms with van der Waals surface area (Å²) in [6.07, 6.45) is 0. The van der Waals surface area contributed by atoms with E-state index >= 15 is 0 Å². The van der Waals surface area contributed by atoms with Gasteiger partial charge in [-0.15, -0.1) is 10.2 Å². The highest BCUT2D eigenvalue weighted by Crippen LogP contribution is 2.32. The Morgan fingerprint density at radius 1 is 1.11 bits per heavy atom. The van der Waals surface area contributed by atoms with Gasteiger partial charge >= 0.3 is 0 Å². The molecular formula is C12H13BrN2O3. The molecule has 96 valence electrons. The lowest BCUT2D eigenvalue weighted by molar-refractivity contribution is 0.288. The van der Waals surface area contributed by atoms with Crippen molar-refractivity contribution in [1.82, 2.24) is 10.2 Å². The van der Waals surface area contributed by atoms with Crippen LogP contribution in [0.1, 0.15) is 13.8 Å². The van der Waals surface area contributed by atoms with Gasteiger partial charge in [0.1, 0.15) is 0 Å². The number of ether oxygens (including phenoxy) is 2. The summed E-state index contributed by atoms with van der Waals surface area (Å²) < 4.78 is 16.3. The Morgan fingerprint density at radius 3 is 2.44 bits per heavy atom. The first-order valence-electron chi connectivity index (χ1n) is 5.63. The molecule has 0 spiro atoms. The highest BCUT2D eigenvalue weighted by molar-refractivity contribution is 9.10. The first kappa shape index (κ1) is 12.9. The molecule has 0 aliphatic heterocycles. The van der Waals surface area contributed by atoms with Gasteiger partial charge in [0.25, 0.3) is 4.80 Å². The van der Waals surface area contributed by atoms with Gasteiger partial charge in [-0.2, -0.15) is 0 Å². The molecule has 6 heteroatoms. The molecule has 1 aromatic carbocycles. The van der Waals surface area contributed by atoms with Gasteiger partial charge in [-0.25, -0.2) is 0 Å². The zero-order valence-electron chi connectivity index (χ0n) is 10.1. The first-order valence-corrected chi connectivity index (χ1v) is 6.43. The molecule has 0 saturated heterocycles. The SMILES string of the molecule is CCOc1ccc(-c2nnc(Br)o2)cc1OCC. The van der Waals surface area contributed by atoms with Crippen LogP contribution in [0.5, 0.6) is 11.5 Å². The fourth-order valence-corrected chi connectivity index (χ4v) is 1.74. The van der Waals surface area contributed by atoms with Crippen LogP contribution in [0.2, 0.25) is 0 Å². The Morgan fingerprint density at radius 2 is 1.83 bits per heavy atom. The first-order chi connectivity index (χ1) is 8.74. The van der Waals surface area contributed by atoms with Crippen LogP contribution in [0.4, 0.5) is 0 Å². The number of hydrogen-bond donors (Lipinski definition) is 0. The molecule has 0 amide bonds. The van der Waals surface area contributed by atoms with Gasteiger partial charge in [0.05, 0.1) is 13.2 Å². The summed E-state index contributed by atoms with van der Waals surface area (Å²) in [4.78, 5) is 0.351. The Bertz CT molecular complexity index is 528. The molecule has 0 radical (unpaired) electrons. The molecule has 0 saturated carbocycles. The van der Waals surface area contributed by atoms with Crippen LogP contribution in [0.15, 0.2) is 27.4 Å². The average Bonchev–Trinajstić information content (AvgIpc) is 2.79. The second-order valence-corrected chi connectivity index (χ2v) is 4.07. The molecule has 2 aromatic rings. The maximum absolute atomic E-state index is 5.53. The predicted octanol–water partition coefficient (Wildman–Crippen LogP) is 3.30. The van der Waals surface area contributed by atoms with Crippen LogP contribution in [0.3, 0.4) is 0 Å². The fraction of sp³-hybridized carbons (Fsp3) is 0.333. The maximum atomic E-state index is 5.53. The summed E-state index contributed by atoms with van der Waals surface area (Å²) in [7, 11) is 0. The van der Waals surface area contributed by atoms with E-state index in [1.807, 2.05) is 32.0 Å². The van der Waals surface area contributed by atoms with Crippen molar-refractivity contribution in [2.24, 2.45) is 0 Å². The second-order valence-electron chi connectivity index (χ2n) is 3.39. The standard InChI is InChI=1S/C12H13BrN2O3/c1-3-16-9-6-5-8(7-10(9)17-4-2)11-14-15-12(13)18-11/h5-7H,3-4H2,1-2H3. The van der Waals surface area contributed by atoms with E-state index in [1.54, 1.807) is 0 Å². The minimum absolute atomic E-state index is 0.351. The summed E-state index contributed by atoms with van der Waals surface area (Å²) in [5.74, 6) is 1.82. The van der Waals surface area contributed by atoms with Crippen molar-refractivity contribution in [2.45, 2.75) is 13.8 Å². The largest absolute Gasteiger partial charge is 0.490 e. The summed E-state index contributed by atoms with van der Waals surface area (Å²) in [5.41, 5.74) is 0.792. The molecule has 1 aromatic heterocycles. The lowest BCUT2D eigenvalue weighted by Crippen LogP contribution is -1.98. The van der Waals surface area contributed by atoms with Gasteiger partial charge in [-0.05, 0) is 32.0 Å². The Kier molecular flexibility index (Phi) is 4.19. The van der Waals surface area contributed by atoms with Gasteiger partial charge in [-0.1, -0.05) is 0 Å². The molecule has 1 heterocycles. The molecule has 0 fully saturated rings. The number of hydrogen-bond acceptors (Lipinski definition) is 5. The van der Waals surface area contributed by atoms with Crippen LogP contribution >= 0.6 is 15.9 Å². The lowest BCUT2D eigenvalue weighted by Gasteiger charge is -2.11. The maximum Gasteiger partial charge on any atom is 0.285 e. The van der Waals surface area contributed by atoms with Gasteiger partial charge < -0.3 is 13.9 Å². The van der Waals surface area contributed by atoms with Crippen molar-refractivity contribution >= 4 is 15.9 Å². The number of benzene rings is 1. The van der Waals surface area contributed by atoms with Gasteiger partial charge in [0.15, 0.2) is 11.5 Å². The smallest absolute Gasteiger partial charge is 0.285 e. The highest BCUT2D eigenvalue weighted by atomic mass is 79.9. The minimum Gasteiger partial charge on any atom is -0.490 e. The fourth-order valence-electron chi connectivity index (χ4n) is 1.51. The second kappa shape index (κ2) is 5.86. The molecule has 0 N–H and O–H groups in total. The van der Waals surface area contributed by atoms with Crippen molar-refractivity contribution in [3.63, 3.8) is 0 Å². The van der Waals surface area contributed by atoms with Crippen LogP contribution in [0, 0.1) is 0 Å². The molecular weight excluding hydrogens is 300 g/mol. The van der Waals surface area contributed by atoms with Crippen molar-refractivity contribution in [3.05, 3.63) is 23.0 Å². The quantitative estimate of drug-likeness (QED) is 0.848. The van der Waals surface area contributed by atoms with Gasteiger partial charge in [-0.3, -0.25) is 0 Å². The van der Waals surface area contributed by atoms with E-state index in [4.69, 9.17) is 13.9 Å². The van der Waals surface area contributed by atoms with Crippen molar-refractivity contribution in [2.75, 3.05) is 13.2 Å². The number of rotatable bonds is 5. The van der Waals surface area contributed by atoms with Gasteiger partial charge in [0.2, 0.25) is 5.89 Å². The molecule has 0 aliphatic carbocycles. The molecule has 5 nitrogen and oxygen atoms in total. The monoisotopic (exact) mass is 312 g/mol. The van der Waals surface area contributed by atoms with Crippen molar-refractivity contribution < 1.29 is 13.9 Å². The van der Waals surface area contributed by atoms with Crippen molar-refractivity contribution in [3.8, 4) is 23.0 Å². The van der Waals surface area contributed by atoms with Crippen LogP contribution in [-0.2, 0) is 0 Å². The normalized spacial score (nSPS) is 10.4. The lowest BCUT2D eigenvalue weighted by atomic mass is 10.2. The third kappa shape index (κ3) is 2.81. The van der Waals surface area contributed by atoms with E-state index in [-0.39, 0.29) is 0 Å². The third-order valence-electron chi connectivity index (χ3n) is 2.19. The van der Waals surface area contributed by atoms with Crippen molar-refractivity contribution in [1.29, 1.82) is 0 Å². The predicted molar refractivity (Wildman–Crippen MR) is 69.8 cm³/mol. The van der Waals surface area contributed by atoms with E-state index in [0.717, 1.165) is 5.56 Å². The zero-order valence-corrected chi connectivity index (χ0v) is 11.7. The molecule has 0 aliphatic rings. The summed E-state index contributed by atoms with van der Waals surface area (Å²) in [6, 6.07) is 5.52. The topological polar surface area (TPSA) is 57.4 Å². The number of aromatic nitrogens is 2. The molecule has 2 rings (SSSR count). The number of nitrogens with zero attached hydrogens (tertiary/aromatic N) is 2. The van der Waals surface area contributed by atoms with Crippen LogP contribution in [-0.4, -0.2) is 23.4 Å². The Balaban J connectivity index is 2.35. The van der Waals surface area contributed by atoms with E-state index in [1.165, 1.54) is 0 Å². The average molecular weight is 313 g/mol. The van der Waals surface area contributed by atoms with Crippen LogP contribution < -0.4 is 9.47 Å². The summed E-state index contributed by atoms with van der Waals surface area (Å²) in [5, 5.41) is 7.66. The zero-order chi connectivity index (χ0) is 13.0. The Labute approximate surface area is 113 Å². The third-order valence-corrected chi connectivity index (χ3v) is 2.51. The Hall–Kier alpha value is -1.56. The van der Waals surface area contributed by atoms with E-state index in [0.29, 0.717) is 35.4 Å². The van der Waals surface area contributed by atoms with Crippen LogP contribution in [0.25, 0.3) is 11.5 Å². The molecule has 0 atom stereocenters. The number of halogens is 1. The molecule has 0 unspecified atom stereocenters. The molecule has 18 heavy (non-hydrogen) atoms.